The van der Waals surface area contributed by atoms with Crippen molar-refractivity contribution in [3.8, 4) is 5.69 Å². The smallest absolute Gasteiger partial charge is 0.293 e. The molecule has 29 heavy (non-hydrogen) atoms. The van der Waals surface area contributed by atoms with Gasteiger partial charge in [-0.05, 0) is 55.5 Å². The quantitative estimate of drug-likeness (QED) is 0.510. The average molecular weight is 456 g/mol. The van der Waals surface area contributed by atoms with Crippen molar-refractivity contribution in [2.75, 3.05) is 5.32 Å². The molecule has 2 heterocycles. The van der Waals surface area contributed by atoms with E-state index in [2.05, 4.69) is 31.4 Å². The zero-order valence-corrected chi connectivity index (χ0v) is 16.9. The molecule has 0 aliphatic carbocycles. The predicted octanol–water partition coefficient (Wildman–Crippen LogP) is 3.43. The molecule has 146 valence electrons. The first kappa shape index (κ1) is 19.0. The van der Waals surface area contributed by atoms with Gasteiger partial charge < -0.3 is 5.32 Å². The fourth-order valence-electron chi connectivity index (χ4n) is 2.98. The average Bonchev–Trinajstić information content (AvgIpc) is 3.14. The summed E-state index contributed by atoms with van der Waals surface area (Å²) in [6, 6.07) is 12.7. The normalized spacial score (nSPS) is 11.0. The van der Waals surface area contributed by atoms with Crippen LogP contribution in [0.15, 0.2) is 64.0 Å². The second kappa shape index (κ2) is 7.59. The van der Waals surface area contributed by atoms with E-state index in [1.54, 1.807) is 31.2 Å². The lowest BCUT2D eigenvalue weighted by Gasteiger charge is -2.09. The third-order valence-electron chi connectivity index (χ3n) is 4.36. The summed E-state index contributed by atoms with van der Waals surface area (Å²) < 4.78 is 16.7. The van der Waals surface area contributed by atoms with Crippen molar-refractivity contribution in [3.05, 3.63) is 81.1 Å². The summed E-state index contributed by atoms with van der Waals surface area (Å²) in [6.07, 6.45) is 1.54. The van der Waals surface area contributed by atoms with Crippen molar-refractivity contribution < 1.29 is 9.18 Å². The number of benzene rings is 2. The van der Waals surface area contributed by atoms with Crippen molar-refractivity contribution in [2.24, 2.45) is 0 Å². The van der Waals surface area contributed by atoms with Crippen LogP contribution in [0.3, 0.4) is 0 Å². The number of fused-ring (bicyclic) bond motifs is 1. The summed E-state index contributed by atoms with van der Waals surface area (Å²) in [5.74, 6) is -0.765. The zero-order chi connectivity index (χ0) is 20.5. The first-order valence-corrected chi connectivity index (χ1v) is 9.48. The van der Waals surface area contributed by atoms with Crippen molar-refractivity contribution in [1.82, 2.24) is 19.6 Å². The number of anilines is 1. The standard InChI is InChI=1S/C20H15BrFN5O2/c1-12-17-10-23-27(16-8-4-14(22)5-9-16)19(17)20(29)26(25-12)11-18(28)24-15-6-2-13(21)3-7-15/h2-10H,11H2,1H3,(H,24,28). The Kier molecular flexibility index (Phi) is 4.98. The lowest BCUT2D eigenvalue weighted by Crippen LogP contribution is -2.31. The van der Waals surface area contributed by atoms with Gasteiger partial charge in [0.1, 0.15) is 17.9 Å². The summed E-state index contributed by atoms with van der Waals surface area (Å²) in [6.45, 7) is 1.49. The molecular formula is C20H15BrFN5O2. The highest BCUT2D eigenvalue weighted by atomic mass is 79.9. The van der Waals surface area contributed by atoms with Crippen LogP contribution >= 0.6 is 15.9 Å². The van der Waals surface area contributed by atoms with Crippen molar-refractivity contribution in [1.29, 1.82) is 0 Å². The van der Waals surface area contributed by atoms with Crippen LogP contribution in [0.25, 0.3) is 16.6 Å². The van der Waals surface area contributed by atoms with Gasteiger partial charge in [0.15, 0.2) is 0 Å². The largest absolute Gasteiger partial charge is 0.324 e. The number of carbonyl (C=O) groups excluding carboxylic acids is 1. The molecule has 0 saturated carbocycles. The maximum absolute atomic E-state index is 13.2. The van der Waals surface area contributed by atoms with Crippen LogP contribution in [0.5, 0.6) is 0 Å². The van der Waals surface area contributed by atoms with E-state index in [1.165, 1.54) is 35.1 Å². The van der Waals surface area contributed by atoms with Crippen molar-refractivity contribution in [2.45, 2.75) is 13.5 Å². The van der Waals surface area contributed by atoms with Crippen molar-refractivity contribution in [3.63, 3.8) is 0 Å². The van der Waals surface area contributed by atoms with Crippen LogP contribution in [-0.4, -0.2) is 25.5 Å². The molecular weight excluding hydrogens is 441 g/mol. The van der Waals surface area contributed by atoms with Gasteiger partial charge in [0.05, 0.1) is 17.6 Å². The van der Waals surface area contributed by atoms with E-state index < -0.39 is 5.56 Å². The summed E-state index contributed by atoms with van der Waals surface area (Å²) in [4.78, 5) is 25.4. The van der Waals surface area contributed by atoms with Gasteiger partial charge in [-0.15, -0.1) is 0 Å². The minimum absolute atomic E-state index is 0.250. The molecule has 0 unspecified atom stereocenters. The molecule has 7 nitrogen and oxygen atoms in total. The minimum Gasteiger partial charge on any atom is -0.324 e. The third kappa shape index (κ3) is 3.81. The Morgan fingerprint density at radius 1 is 1.14 bits per heavy atom. The number of carbonyl (C=O) groups is 1. The molecule has 1 N–H and O–H groups in total. The fourth-order valence-corrected chi connectivity index (χ4v) is 3.24. The van der Waals surface area contributed by atoms with E-state index in [-0.39, 0.29) is 23.8 Å². The molecule has 0 atom stereocenters. The number of nitrogens with one attached hydrogen (secondary N) is 1. The number of aromatic nitrogens is 4. The Morgan fingerprint density at radius 3 is 2.52 bits per heavy atom. The molecule has 0 radical (unpaired) electrons. The highest BCUT2D eigenvalue weighted by Crippen LogP contribution is 2.18. The van der Waals surface area contributed by atoms with E-state index in [4.69, 9.17) is 0 Å². The lowest BCUT2D eigenvalue weighted by molar-refractivity contribution is -0.117. The number of hydrogen-bond donors (Lipinski definition) is 1. The van der Waals surface area contributed by atoms with E-state index in [9.17, 15) is 14.0 Å². The van der Waals surface area contributed by atoms with Gasteiger partial charge in [-0.2, -0.15) is 10.2 Å². The van der Waals surface area contributed by atoms with Crippen LogP contribution in [0.4, 0.5) is 10.1 Å². The molecule has 2 aromatic carbocycles. The Morgan fingerprint density at radius 2 is 1.83 bits per heavy atom. The third-order valence-corrected chi connectivity index (χ3v) is 4.89. The lowest BCUT2D eigenvalue weighted by atomic mass is 10.2. The van der Waals surface area contributed by atoms with Crippen LogP contribution in [-0.2, 0) is 11.3 Å². The van der Waals surface area contributed by atoms with Gasteiger partial charge >= 0.3 is 0 Å². The molecule has 4 aromatic rings. The summed E-state index contributed by atoms with van der Waals surface area (Å²) >= 11 is 3.33. The number of rotatable bonds is 4. The molecule has 0 saturated heterocycles. The second-order valence-electron chi connectivity index (χ2n) is 6.40. The molecule has 1 amide bonds. The van der Waals surface area contributed by atoms with Gasteiger partial charge in [0.2, 0.25) is 5.91 Å². The summed E-state index contributed by atoms with van der Waals surface area (Å²) in [5, 5.41) is 11.8. The second-order valence-corrected chi connectivity index (χ2v) is 7.31. The number of hydrogen-bond acceptors (Lipinski definition) is 4. The minimum atomic E-state index is -0.460. The number of nitrogens with zero attached hydrogens (tertiary/aromatic N) is 4. The van der Waals surface area contributed by atoms with E-state index in [1.807, 2.05) is 0 Å². The van der Waals surface area contributed by atoms with E-state index in [0.717, 1.165) is 9.15 Å². The van der Waals surface area contributed by atoms with Gasteiger partial charge in [-0.1, -0.05) is 15.9 Å². The van der Waals surface area contributed by atoms with Crippen molar-refractivity contribution >= 4 is 38.4 Å². The highest BCUT2D eigenvalue weighted by molar-refractivity contribution is 9.10. The topological polar surface area (TPSA) is 81.8 Å². The maximum Gasteiger partial charge on any atom is 0.293 e. The maximum atomic E-state index is 13.2. The van der Waals surface area contributed by atoms with Crippen LogP contribution < -0.4 is 10.9 Å². The highest BCUT2D eigenvalue weighted by Gasteiger charge is 2.16. The molecule has 9 heteroatoms. The van der Waals surface area contributed by atoms with Crippen LogP contribution in [0.2, 0.25) is 0 Å². The predicted molar refractivity (Wildman–Crippen MR) is 111 cm³/mol. The van der Waals surface area contributed by atoms with E-state index in [0.29, 0.717) is 22.5 Å². The molecule has 2 aromatic heterocycles. The summed E-state index contributed by atoms with van der Waals surface area (Å²) in [5.41, 5.74) is 1.53. The Bertz CT molecular complexity index is 1260. The molecule has 0 bridgehead atoms. The number of aryl methyl sites for hydroxylation is 1. The first-order valence-electron chi connectivity index (χ1n) is 8.69. The summed E-state index contributed by atoms with van der Waals surface area (Å²) in [7, 11) is 0. The Balaban J connectivity index is 1.70. The van der Waals surface area contributed by atoms with Gasteiger partial charge in [-0.25, -0.2) is 13.8 Å². The molecule has 0 aliphatic heterocycles. The molecule has 0 spiro atoms. The van der Waals surface area contributed by atoms with Gasteiger partial charge in [-0.3, -0.25) is 9.59 Å². The zero-order valence-electron chi connectivity index (χ0n) is 15.3. The SMILES string of the molecule is Cc1nn(CC(=O)Nc2ccc(Br)cc2)c(=O)c2c1cnn2-c1ccc(F)cc1. The van der Waals surface area contributed by atoms with Gasteiger partial charge in [0.25, 0.3) is 5.56 Å². The Labute approximate surface area is 172 Å². The monoisotopic (exact) mass is 455 g/mol. The molecule has 0 aliphatic rings. The van der Waals surface area contributed by atoms with E-state index >= 15 is 0 Å². The van der Waals surface area contributed by atoms with Gasteiger partial charge in [0, 0.05) is 15.5 Å². The number of halogens is 2. The molecule has 0 fully saturated rings. The number of amides is 1. The molecule has 4 rings (SSSR count). The van der Waals surface area contributed by atoms with Crippen LogP contribution in [0.1, 0.15) is 5.69 Å². The fraction of sp³-hybridized carbons (Fsp3) is 0.100. The Hall–Kier alpha value is -3.33. The van der Waals surface area contributed by atoms with Crippen LogP contribution in [0, 0.1) is 12.7 Å². The first-order chi connectivity index (χ1) is 13.9.